The highest BCUT2D eigenvalue weighted by atomic mass is 16.6. The topological polar surface area (TPSA) is 114 Å². The van der Waals surface area contributed by atoms with E-state index < -0.39 is 23.6 Å². The molecule has 0 heterocycles. The SMILES string of the molecule is CCC(COC(=O)NC)(COC(=O)NC)C(=O)O. The molecule has 0 spiro atoms. The predicted molar refractivity (Wildman–Crippen MR) is 61.2 cm³/mol. The van der Waals surface area contributed by atoms with Crippen molar-refractivity contribution in [2.45, 2.75) is 13.3 Å². The summed E-state index contributed by atoms with van der Waals surface area (Å²) in [5, 5.41) is 13.6. The number of carboxylic acid groups (broad SMARTS) is 1. The number of carbonyl (C=O) groups excluding carboxylic acids is 2. The Morgan fingerprint density at radius 2 is 1.44 bits per heavy atom. The van der Waals surface area contributed by atoms with E-state index in [4.69, 9.17) is 9.47 Å². The van der Waals surface area contributed by atoms with Crippen molar-refractivity contribution in [1.82, 2.24) is 10.6 Å². The second kappa shape index (κ2) is 7.36. The number of aliphatic carboxylic acids is 1. The van der Waals surface area contributed by atoms with E-state index >= 15 is 0 Å². The quantitative estimate of drug-likeness (QED) is 0.629. The Labute approximate surface area is 105 Å². The molecule has 0 aliphatic carbocycles. The number of hydrogen-bond acceptors (Lipinski definition) is 5. The Kier molecular flexibility index (Phi) is 6.54. The van der Waals surface area contributed by atoms with Gasteiger partial charge in [-0.2, -0.15) is 0 Å². The Hall–Kier alpha value is -1.99. The van der Waals surface area contributed by atoms with Crippen LogP contribution in [0.1, 0.15) is 13.3 Å². The van der Waals surface area contributed by atoms with Crippen molar-refractivity contribution >= 4 is 18.2 Å². The summed E-state index contributed by atoms with van der Waals surface area (Å²) in [6.07, 6.45) is -1.33. The maximum atomic E-state index is 11.2. The monoisotopic (exact) mass is 262 g/mol. The van der Waals surface area contributed by atoms with Crippen LogP contribution in [0.15, 0.2) is 0 Å². The van der Waals surface area contributed by atoms with Gasteiger partial charge in [0.15, 0.2) is 0 Å². The highest BCUT2D eigenvalue weighted by Gasteiger charge is 2.40. The van der Waals surface area contributed by atoms with Crippen molar-refractivity contribution < 1.29 is 29.0 Å². The summed E-state index contributed by atoms with van der Waals surface area (Å²) in [5.41, 5.74) is -1.45. The normalized spacial score (nSPS) is 10.4. The molecule has 0 unspecified atom stereocenters. The zero-order valence-corrected chi connectivity index (χ0v) is 10.6. The lowest BCUT2D eigenvalue weighted by molar-refractivity contribution is -0.154. The van der Waals surface area contributed by atoms with E-state index in [9.17, 15) is 19.5 Å². The average Bonchev–Trinajstić information content (AvgIpc) is 2.38. The minimum atomic E-state index is -1.45. The minimum Gasteiger partial charge on any atom is -0.481 e. The molecule has 0 aromatic heterocycles. The van der Waals surface area contributed by atoms with Gasteiger partial charge in [0.25, 0.3) is 0 Å². The van der Waals surface area contributed by atoms with E-state index in [1.54, 1.807) is 6.92 Å². The van der Waals surface area contributed by atoms with E-state index in [-0.39, 0.29) is 19.6 Å². The Balaban J connectivity index is 4.66. The molecule has 2 amide bonds. The molecule has 3 N–H and O–H groups in total. The van der Waals surface area contributed by atoms with Crippen molar-refractivity contribution in [3.05, 3.63) is 0 Å². The van der Waals surface area contributed by atoms with Gasteiger partial charge in [-0.05, 0) is 6.42 Å². The zero-order valence-electron chi connectivity index (χ0n) is 10.6. The molecule has 8 nitrogen and oxygen atoms in total. The fraction of sp³-hybridized carbons (Fsp3) is 0.700. The molecular weight excluding hydrogens is 244 g/mol. The van der Waals surface area contributed by atoms with Crippen LogP contribution >= 0.6 is 0 Å². The molecule has 0 bridgehead atoms. The number of hydrogen-bond donors (Lipinski definition) is 3. The van der Waals surface area contributed by atoms with Crippen LogP contribution in [0, 0.1) is 5.41 Å². The predicted octanol–water partition coefficient (Wildman–Crippen LogP) is 0.179. The highest BCUT2D eigenvalue weighted by Crippen LogP contribution is 2.23. The molecule has 0 aromatic rings. The van der Waals surface area contributed by atoms with Gasteiger partial charge in [-0.3, -0.25) is 4.79 Å². The summed E-state index contributed by atoms with van der Waals surface area (Å²) in [6, 6.07) is 0. The average molecular weight is 262 g/mol. The maximum absolute atomic E-state index is 11.2. The minimum absolute atomic E-state index is 0.149. The van der Waals surface area contributed by atoms with Gasteiger partial charge in [0.1, 0.15) is 18.6 Å². The molecule has 0 saturated heterocycles. The van der Waals surface area contributed by atoms with Crippen molar-refractivity contribution in [2.75, 3.05) is 27.3 Å². The molecule has 104 valence electrons. The lowest BCUT2D eigenvalue weighted by Gasteiger charge is -2.26. The molecule has 0 aromatic carbocycles. The molecule has 0 fully saturated rings. The van der Waals surface area contributed by atoms with Gasteiger partial charge in [-0.25, -0.2) is 9.59 Å². The van der Waals surface area contributed by atoms with E-state index in [2.05, 4.69) is 10.6 Å². The largest absolute Gasteiger partial charge is 0.481 e. The fourth-order valence-electron chi connectivity index (χ4n) is 1.07. The van der Waals surface area contributed by atoms with E-state index in [1.165, 1.54) is 14.1 Å². The lowest BCUT2D eigenvalue weighted by Crippen LogP contribution is -2.42. The number of rotatable bonds is 6. The van der Waals surface area contributed by atoms with Gasteiger partial charge in [-0.15, -0.1) is 0 Å². The molecule has 0 atom stereocenters. The van der Waals surface area contributed by atoms with Crippen LogP contribution in [0.3, 0.4) is 0 Å². The number of carboxylic acids is 1. The Morgan fingerprint density at radius 3 is 1.67 bits per heavy atom. The van der Waals surface area contributed by atoms with Crippen molar-refractivity contribution in [3.63, 3.8) is 0 Å². The first kappa shape index (κ1) is 16.0. The van der Waals surface area contributed by atoms with Crippen molar-refractivity contribution in [1.29, 1.82) is 0 Å². The van der Waals surface area contributed by atoms with Crippen LogP contribution in [-0.4, -0.2) is 50.6 Å². The summed E-state index contributed by atoms with van der Waals surface area (Å²) >= 11 is 0. The van der Waals surface area contributed by atoms with Crippen molar-refractivity contribution in [3.8, 4) is 0 Å². The van der Waals surface area contributed by atoms with Crippen LogP contribution < -0.4 is 10.6 Å². The smallest absolute Gasteiger partial charge is 0.406 e. The van der Waals surface area contributed by atoms with E-state index in [0.29, 0.717) is 0 Å². The van der Waals surface area contributed by atoms with Gasteiger partial charge in [0.05, 0.1) is 0 Å². The summed E-state index contributed by atoms with van der Waals surface area (Å²) in [6.45, 7) is 0.847. The van der Waals surface area contributed by atoms with Gasteiger partial charge in [0.2, 0.25) is 0 Å². The van der Waals surface area contributed by atoms with Crippen LogP contribution in [0.4, 0.5) is 9.59 Å². The van der Waals surface area contributed by atoms with Gasteiger partial charge in [-0.1, -0.05) is 6.92 Å². The van der Waals surface area contributed by atoms with Crippen LogP contribution in [0.5, 0.6) is 0 Å². The molecule has 0 radical (unpaired) electrons. The highest BCUT2D eigenvalue weighted by molar-refractivity contribution is 5.76. The second-order valence-electron chi connectivity index (χ2n) is 3.59. The third kappa shape index (κ3) is 4.48. The van der Waals surface area contributed by atoms with E-state index in [0.717, 1.165) is 0 Å². The first-order valence-corrected chi connectivity index (χ1v) is 5.34. The molecular formula is C10H18N2O6. The third-order valence-corrected chi connectivity index (χ3v) is 2.50. The molecule has 0 rings (SSSR count). The number of carbonyl (C=O) groups is 3. The van der Waals surface area contributed by atoms with Crippen LogP contribution in [-0.2, 0) is 14.3 Å². The number of nitrogens with one attached hydrogen (secondary N) is 2. The molecule has 0 aliphatic rings. The molecule has 0 saturated carbocycles. The Bertz CT molecular complexity index is 297. The number of alkyl carbamates (subject to hydrolysis) is 2. The first-order valence-electron chi connectivity index (χ1n) is 5.34. The molecule has 8 heteroatoms. The summed E-state index contributed by atoms with van der Waals surface area (Å²) < 4.78 is 9.46. The maximum Gasteiger partial charge on any atom is 0.406 e. The number of amides is 2. The fourth-order valence-corrected chi connectivity index (χ4v) is 1.07. The molecule has 0 aliphatic heterocycles. The summed E-state index contributed by atoms with van der Waals surface area (Å²) in [7, 11) is 2.72. The van der Waals surface area contributed by atoms with Gasteiger partial charge in [0, 0.05) is 14.1 Å². The van der Waals surface area contributed by atoms with Crippen LogP contribution in [0.2, 0.25) is 0 Å². The Morgan fingerprint density at radius 1 is 1.06 bits per heavy atom. The third-order valence-electron chi connectivity index (χ3n) is 2.50. The zero-order chi connectivity index (χ0) is 14.2. The standard InChI is InChI=1S/C10H18N2O6/c1-4-10(7(13)14,5-17-8(15)11-2)6-18-9(16)12-3/h4-6H2,1-3H3,(H,11,15)(H,12,16)(H,13,14). The van der Waals surface area contributed by atoms with Gasteiger partial charge < -0.3 is 25.2 Å². The lowest BCUT2D eigenvalue weighted by atomic mass is 9.87. The second-order valence-corrected chi connectivity index (χ2v) is 3.59. The molecule has 18 heavy (non-hydrogen) atoms. The first-order chi connectivity index (χ1) is 8.41. The summed E-state index contributed by atoms with van der Waals surface area (Å²) in [5.74, 6) is -1.20. The summed E-state index contributed by atoms with van der Waals surface area (Å²) in [4.78, 5) is 33.1. The van der Waals surface area contributed by atoms with Crippen LogP contribution in [0.25, 0.3) is 0 Å². The van der Waals surface area contributed by atoms with E-state index in [1.807, 2.05) is 0 Å². The van der Waals surface area contributed by atoms with Crippen molar-refractivity contribution in [2.24, 2.45) is 5.41 Å². The van der Waals surface area contributed by atoms with Gasteiger partial charge >= 0.3 is 18.2 Å². The number of ether oxygens (including phenoxy) is 2.